The van der Waals surface area contributed by atoms with Crippen LogP contribution >= 0.6 is 0 Å². The molecule has 0 atom stereocenters. The van der Waals surface area contributed by atoms with E-state index in [9.17, 15) is 0 Å². The molecule has 0 aliphatic rings. The van der Waals surface area contributed by atoms with Gasteiger partial charge in [0.25, 0.3) is 0 Å². The summed E-state index contributed by atoms with van der Waals surface area (Å²) in [6.07, 6.45) is 13.5. The third-order valence-electron chi connectivity index (χ3n) is 10.8. The predicted molar refractivity (Wildman–Crippen MR) is 253 cm³/mol. The lowest BCUT2D eigenvalue weighted by molar-refractivity contribution is 1.43. The van der Waals surface area contributed by atoms with Crippen molar-refractivity contribution in [1.29, 1.82) is 0 Å². The smallest absolute Gasteiger partial charge is 0.0105 e. The van der Waals surface area contributed by atoms with Crippen molar-refractivity contribution < 1.29 is 0 Å². The van der Waals surface area contributed by atoms with Gasteiger partial charge in [-0.1, -0.05) is 216 Å². The Morgan fingerprint density at radius 3 is 0.862 bits per heavy atom. The highest BCUT2D eigenvalue weighted by Crippen LogP contribution is 2.30. The standard InChI is InChI=1S/C58H48/c1-41-9-27-49(28-10-41)57(50-29-11-42(2)12-30-50)37-47-21-17-45(18-22-47)25-35-55-39-53-7-5-6-8-54(53)40-56(55)36-26-46-19-23-48(24-20-46)38-58(51-31-13-43(3)14-32-51)52-33-15-44(4)16-34-52/h5-40H,1-4H3/b35-25-,36-26-. The second kappa shape index (κ2) is 17.4. The van der Waals surface area contributed by atoms with Gasteiger partial charge in [0.1, 0.15) is 0 Å². The first-order chi connectivity index (χ1) is 28.3. The zero-order valence-electron chi connectivity index (χ0n) is 33.8. The molecule has 0 fully saturated rings. The van der Waals surface area contributed by atoms with Crippen LogP contribution in [-0.2, 0) is 0 Å². The fourth-order valence-corrected chi connectivity index (χ4v) is 7.28. The van der Waals surface area contributed by atoms with Crippen molar-refractivity contribution in [2.24, 2.45) is 0 Å². The summed E-state index contributed by atoms with van der Waals surface area (Å²) in [4.78, 5) is 0. The van der Waals surface area contributed by atoms with Gasteiger partial charge in [-0.05, 0) is 130 Å². The first-order valence-corrected chi connectivity index (χ1v) is 20.1. The Morgan fingerprint density at radius 1 is 0.293 bits per heavy atom. The maximum absolute atomic E-state index is 2.30. The first kappa shape index (κ1) is 37.9. The van der Waals surface area contributed by atoms with E-state index in [4.69, 9.17) is 0 Å². The highest BCUT2D eigenvalue weighted by molar-refractivity contribution is 5.94. The molecule has 0 N–H and O–H groups in total. The van der Waals surface area contributed by atoms with Crippen LogP contribution in [0.2, 0.25) is 0 Å². The molecular weight excluding hydrogens is 697 g/mol. The maximum Gasteiger partial charge on any atom is -0.0105 e. The molecular formula is C58H48. The molecule has 0 saturated carbocycles. The van der Waals surface area contributed by atoms with Crippen LogP contribution in [0.1, 0.15) is 77.9 Å². The summed E-state index contributed by atoms with van der Waals surface area (Å²) in [6, 6.07) is 66.1. The number of hydrogen-bond acceptors (Lipinski definition) is 0. The molecule has 0 aromatic heterocycles. The van der Waals surface area contributed by atoms with Gasteiger partial charge in [0.15, 0.2) is 0 Å². The maximum atomic E-state index is 2.30. The van der Waals surface area contributed by atoms with E-state index in [1.54, 1.807) is 0 Å². The van der Waals surface area contributed by atoms with Gasteiger partial charge in [-0.25, -0.2) is 0 Å². The van der Waals surface area contributed by atoms with E-state index in [0.717, 1.165) is 11.1 Å². The average Bonchev–Trinajstić information content (AvgIpc) is 3.25. The SMILES string of the molecule is Cc1ccc(C(=Cc2ccc(/C=C\c3cc4ccccc4cc3/C=C\c3ccc(C=C(c4ccc(C)cc4)c4ccc(C)cc4)cc3)cc2)c2ccc(C)cc2)cc1. The molecule has 0 nitrogen and oxygen atoms in total. The second-order valence-corrected chi connectivity index (χ2v) is 15.4. The number of rotatable bonds is 10. The topological polar surface area (TPSA) is 0 Å². The Kier molecular flexibility index (Phi) is 11.4. The fourth-order valence-electron chi connectivity index (χ4n) is 7.28. The van der Waals surface area contributed by atoms with Crippen LogP contribution < -0.4 is 0 Å². The Balaban J connectivity index is 1.05. The molecule has 0 saturated heterocycles. The molecule has 8 rings (SSSR count). The van der Waals surface area contributed by atoms with Crippen LogP contribution in [0.25, 0.3) is 58.4 Å². The van der Waals surface area contributed by atoms with Crippen LogP contribution in [0.5, 0.6) is 0 Å². The van der Waals surface area contributed by atoms with Crippen molar-refractivity contribution in [2.75, 3.05) is 0 Å². The van der Waals surface area contributed by atoms with Crippen molar-refractivity contribution in [3.63, 3.8) is 0 Å². The normalized spacial score (nSPS) is 11.3. The molecule has 0 aliphatic carbocycles. The quantitative estimate of drug-likeness (QED) is 0.122. The van der Waals surface area contributed by atoms with E-state index in [1.165, 1.54) is 88.7 Å². The van der Waals surface area contributed by atoms with Gasteiger partial charge < -0.3 is 0 Å². The number of fused-ring (bicyclic) bond motifs is 1. The third kappa shape index (κ3) is 9.32. The average molecular weight is 745 g/mol. The molecule has 0 unspecified atom stereocenters. The minimum absolute atomic E-state index is 1.16. The van der Waals surface area contributed by atoms with E-state index in [0.29, 0.717) is 0 Å². The van der Waals surface area contributed by atoms with Crippen LogP contribution in [0.4, 0.5) is 0 Å². The van der Waals surface area contributed by atoms with E-state index in [-0.39, 0.29) is 0 Å². The van der Waals surface area contributed by atoms with Gasteiger partial charge in [0.05, 0.1) is 0 Å². The molecule has 0 radical (unpaired) electrons. The van der Waals surface area contributed by atoms with Crippen LogP contribution in [0.15, 0.2) is 182 Å². The monoisotopic (exact) mass is 744 g/mol. The fraction of sp³-hybridized carbons (Fsp3) is 0.0690. The Labute approximate surface area is 344 Å². The summed E-state index contributed by atoms with van der Waals surface area (Å²) in [7, 11) is 0. The number of hydrogen-bond donors (Lipinski definition) is 0. The van der Waals surface area contributed by atoms with Crippen LogP contribution in [0.3, 0.4) is 0 Å². The van der Waals surface area contributed by atoms with Crippen molar-refractivity contribution >= 4 is 58.4 Å². The zero-order chi connectivity index (χ0) is 39.8. The highest BCUT2D eigenvalue weighted by atomic mass is 14.1. The van der Waals surface area contributed by atoms with E-state index in [1.807, 2.05) is 0 Å². The lowest BCUT2D eigenvalue weighted by Crippen LogP contribution is -1.89. The summed E-state index contributed by atoms with van der Waals surface area (Å²) in [6.45, 7) is 8.54. The Hall–Kier alpha value is -7.02. The molecule has 280 valence electrons. The van der Waals surface area contributed by atoms with Gasteiger partial charge in [-0.3, -0.25) is 0 Å². The molecule has 8 aromatic carbocycles. The summed E-state index contributed by atoms with van der Waals surface area (Å²) in [5.74, 6) is 0. The summed E-state index contributed by atoms with van der Waals surface area (Å²) < 4.78 is 0. The third-order valence-corrected chi connectivity index (χ3v) is 10.8. The Bertz CT molecular complexity index is 2480. The Morgan fingerprint density at radius 2 is 0.569 bits per heavy atom. The van der Waals surface area contributed by atoms with Crippen molar-refractivity contribution in [2.45, 2.75) is 27.7 Å². The first-order valence-electron chi connectivity index (χ1n) is 20.1. The van der Waals surface area contributed by atoms with Crippen LogP contribution in [0, 0.1) is 27.7 Å². The zero-order valence-corrected chi connectivity index (χ0v) is 33.8. The molecule has 0 aliphatic heterocycles. The summed E-state index contributed by atoms with van der Waals surface area (Å²) in [5, 5.41) is 2.46. The largest absolute Gasteiger partial charge is 0.0616 e. The summed E-state index contributed by atoms with van der Waals surface area (Å²) in [5.41, 5.74) is 19.4. The number of benzene rings is 8. The van der Waals surface area contributed by atoms with Crippen molar-refractivity contribution in [3.8, 4) is 0 Å². The summed E-state index contributed by atoms with van der Waals surface area (Å²) >= 11 is 0. The molecule has 0 heterocycles. The highest BCUT2D eigenvalue weighted by Gasteiger charge is 2.08. The molecule has 0 spiro atoms. The molecule has 0 heteroatoms. The lowest BCUT2D eigenvalue weighted by atomic mass is 9.94. The molecule has 0 bridgehead atoms. The van der Waals surface area contributed by atoms with E-state index < -0.39 is 0 Å². The van der Waals surface area contributed by atoms with Crippen molar-refractivity contribution in [1.82, 2.24) is 0 Å². The van der Waals surface area contributed by atoms with Gasteiger partial charge in [-0.15, -0.1) is 0 Å². The van der Waals surface area contributed by atoms with Gasteiger partial charge in [0, 0.05) is 0 Å². The second-order valence-electron chi connectivity index (χ2n) is 15.4. The van der Waals surface area contributed by atoms with E-state index in [2.05, 4.69) is 246 Å². The van der Waals surface area contributed by atoms with E-state index >= 15 is 0 Å². The predicted octanol–water partition coefficient (Wildman–Crippen LogP) is 15.6. The minimum Gasteiger partial charge on any atom is -0.0616 e. The lowest BCUT2D eigenvalue weighted by Gasteiger charge is -2.10. The minimum atomic E-state index is 1.16. The molecule has 0 amide bonds. The molecule has 58 heavy (non-hydrogen) atoms. The van der Waals surface area contributed by atoms with Crippen molar-refractivity contribution in [3.05, 3.63) is 260 Å². The number of aryl methyl sites for hydroxylation is 4. The van der Waals surface area contributed by atoms with Gasteiger partial charge >= 0.3 is 0 Å². The van der Waals surface area contributed by atoms with Gasteiger partial charge in [0.2, 0.25) is 0 Å². The van der Waals surface area contributed by atoms with Crippen LogP contribution in [-0.4, -0.2) is 0 Å². The van der Waals surface area contributed by atoms with Gasteiger partial charge in [-0.2, -0.15) is 0 Å². The molecule has 8 aromatic rings.